The van der Waals surface area contributed by atoms with Crippen molar-refractivity contribution < 1.29 is 14.3 Å². The van der Waals surface area contributed by atoms with E-state index in [1.54, 1.807) is 42.5 Å². The van der Waals surface area contributed by atoms with E-state index in [4.69, 9.17) is 27.9 Å². The Morgan fingerprint density at radius 1 is 1.12 bits per heavy atom. The molecule has 0 aliphatic rings. The number of carbonyl (C=O) groups excluding carboxylic acids is 2. The number of nitrogens with one attached hydrogen (secondary N) is 2. The average Bonchev–Trinajstić information content (AvgIpc) is 2.63. The van der Waals surface area contributed by atoms with Crippen molar-refractivity contribution in [2.24, 2.45) is 5.10 Å². The summed E-state index contributed by atoms with van der Waals surface area (Å²) >= 11 is 11.8. The summed E-state index contributed by atoms with van der Waals surface area (Å²) in [4.78, 5) is 23.4. The largest absolute Gasteiger partial charge is 0.492 e. The van der Waals surface area contributed by atoms with E-state index >= 15 is 0 Å². The number of halogens is 2. The van der Waals surface area contributed by atoms with Crippen LogP contribution in [-0.2, 0) is 16.1 Å². The third kappa shape index (κ3) is 6.06. The molecule has 0 spiro atoms. The Hall–Kier alpha value is -2.57. The van der Waals surface area contributed by atoms with E-state index < -0.39 is 11.8 Å². The molecular formula is C18H17Cl2N3O3. The molecule has 2 aromatic rings. The van der Waals surface area contributed by atoms with E-state index in [1.165, 1.54) is 6.21 Å². The van der Waals surface area contributed by atoms with Gasteiger partial charge in [-0.05, 0) is 48.4 Å². The second-order valence-corrected chi connectivity index (χ2v) is 5.97. The standard InChI is InChI=1S/C18H17Cl2N3O3/c1-2-26-16-8-5-13(9-15(16)20)11-22-23-18(25)17(24)21-10-12-3-6-14(19)7-4-12/h3-9,11H,2,10H2,1H3,(H,21,24)(H,23,25)/b22-11-. The van der Waals surface area contributed by atoms with E-state index in [2.05, 4.69) is 15.8 Å². The molecule has 136 valence electrons. The summed E-state index contributed by atoms with van der Waals surface area (Å²) in [6.45, 7) is 2.58. The van der Waals surface area contributed by atoms with Gasteiger partial charge in [-0.3, -0.25) is 9.59 Å². The van der Waals surface area contributed by atoms with Gasteiger partial charge in [0, 0.05) is 11.6 Å². The lowest BCUT2D eigenvalue weighted by Gasteiger charge is -2.06. The maximum absolute atomic E-state index is 11.7. The van der Waals surface area contributed by atoms with Gasteiger partial charge in [0.05, 0.1) is 17.8 Å². The summed E-state index contributed by atoms with van der Waals surface area (Å²) in [6, 6.07) is 12.0. The van der Waals surface area contributed by atoms with Crippen LogP contribution in [0.15, 0.2) is 47.6 Å². The van der Waals surface area contributed by atoms with Crippen LogP contribution in [0.25, 0.3) is 0 Å². The number of nitrogens with zero attached hydrogens (tertiary/aromatic N) is 1. The summed E-state index contributed by atoms with van der Waals surface area (Å²) in [5.41, 5.74) is 3.63. The van der Waals surface area contributed by atoms with Crippen LogP contribution in [0.2, 0.25) is 10.0 Å². The molecule has 2 aromatic carbocycles. The second-order valence-electron chi connectivity index (χ2n) is 5.13. The molecule has 0 aliphatic carbocycles. The topological polar surface area (TPSA) is 79.8 Å². The van der Waals surface area contributed by atoms with Crippen LogP contribution in [0.5, 0.6) is 5.75 Å². The number of benzene rings is 2. The fourth-order valence-electron chi connectivity index (χ4n) is 1.95. The first-order valence-electron chi connectivity index (χ1n) is 7.77. The monoisotopic (exact) mass is 393 g/mol. The van der Waals surface area contributed by atoms with Gasteiger partial charge in [-0.15, -0.1) is 0 Å². The number of carbonyl (C=O) groups is 2. The van der Waals surface area contributed by atoms with Crippen molar-refractivity contribution in [3.8, 4) is 5.75 Å². The Balaban J connectivity index is 1.83. The van der Waals surface area contributed by atoms with Crippen LogP contribution < -0.4 is 15.5 Å². The molecule has 0 radical (unpaired) electrons. The van der Waals surface area contributed by atoms with Crippen molar-refractivity contribution in [3.63, 3.8) is 0 Å². The Morgan fingerprint density at radius 3 is 2.50 bits per heavy atom. The maximum atomic E-state index is 11.7. The molecule has 0 heterocycles. The predicted octanol–water partition coefficient (Wildman–Crippen LogP) is 3.16. The molecule has 26 heavy (non-hydrogen) atoms. The number of amides is 2. The SMILES string of the molecule is CCOc1ccc(/C=N\NC(=O)C(=O)NCc2ccc(Cl)cc2)cc1Cl. The van der Waals surface area contributed by atoms with Gasteiger partial charge in [-0.2, -0.15) is 5.10 Å². The van der Waals surface area contributed by atoms with Crippen molar-refractivity contribution in [1.82, 2.24) is 10.7 Å². The Kier molecular flexibility index (Phi) is 7.44. The van der Waals surface area contributed by atoms with Crippen molar-refractivity contribution in [1.29, 1.82) is 0 Å². The van der Waals surface area contributed by atoms with E-state index in [1.807, 2.05) is 6.92 Å². The fraction of sp³-hybridized carbons (Fsp3) is 0.167. The average molecular weight is 394 g/mol. The van der Waals surface area contributed by atoms with Crippen LogP contribution >= 0.6 is 23.2 Å². The number of hydrazone groups is 1. The van der Waals surface area contributed by atoms with Gasteiger partial charge < -0.3 is 10.1 Å². The molecule has 0 fully saturated rings. The van der Waals surface area contributed by atoms with Crippen molar-refractivity contribution in [2.75, 3.05) is 6.61 Å². The molecule has 2 rings (SSSR count). The highest BCUT2D eigenvalue weighted by atomic mass is 35.5. The summed E-state index contributed by atoms with van der Waals surface area (Å²) in [5, 5.41) is 7.27. The van der Waals surface area contributed by atoms with Gasteiger partial charge in [0.25, 0.3) is 0 Å². The van der Waals surface area contributed by atoms with E-state index in [0.29, 0.717) is 28.0 Å². The minimum absolute atomic E-state index is 0.210. The zero-order chi connectivity index (χ0) is 18.9. The Morgan fingerprint density at radius 2 is 1.85 bits per heavy atom. The number of hydrogen-bond donors (Lipinski definition) is 2. The quantitative estimate of drug-likeness (QED) is 0.449. The van der Waals surface area contributed by atoms with Crippen LogP contribution in [0.4, 0.5) is 0 Å². The smallest absolute Gasteiger partial charge is 0.329 e. The molecule has 2 N–H and O–H groups in total. The molecule has 0 aliphatic heterocycles. The first-order chi connectivity index (χ1) is 12.5. The molecule has 2 amide bonds. The van der Waals surface area contributed by atoms with Crippen LogP contribution in [-0.4, -0.2) is 24.6 Å². The summed E-state index contributed by atoms with van der Waals surface area (Å²) in [5.74, 6) is -1.09. The van der Waals surface area contributed by atoms with Gasteiger partial charge in [0.1, 0.15) is 5.75 Å². The lowest BCUT2D eigenvalue weighted by Crippen LogP contribution is -2.37. The van der Waals surface area contributed by atoms with Crippen molar-refractivity contribution in [3.05, 3.63) is 63.6 Å². The Bertz CT molecular complexity index is 808. The highest BCUT2D eigenvalue weighted by molar-refractivity contribution is 6.35. The molecule has 8 heteroatoms. The first kappa shape index (κ1) is 19.8. The number of hydrogen-bond acceptors (Lipinski definition) is 4. The van der Waals surface area contributed by atoms with Crippen LogP contribution in [0.3, 0.4) is 0 Å². The van der Waals surface area contributed by atoms with E-state index in [9.17, 15) is 9.59 Å². The van der Waals surface area contributed by atoms with Gasteiger partial charge in [-0.25, -0.2) is 5.43 Å². The molecule has 0 saturated heterocycles. The molecule has 6 nitrogen and oxygen atoms in total. The molecule has 0 bridgehead atoms. The normalized spacial score (nSPS) is 10.6. The zero-order valence-electron chi connectivity index (χ0n) is 14.0. The lowest BCUT2D eigenvalue weighted by atomic mass is 10.2. The highest BCUT2D eigenvalue weighted by Crippen LogP contribution is 2.24. The summed E-state index contributed by atoms with van der Waals surface area (Å²) in [6.07, 6.45) is 1.38. The van der Waals surface area contributed by atoms with Gasteiger partial charge >= 0.3 is 11.8 Å². The highest BCUT2D eigenvalue weighted by Gasteiger charge is 2.11. The van der Waals surface area contributed by atoms with E-state index in [-0.39, 0.29) is 6.54 Å². The predicted molar refractivity (Wildman–Crippen MR) is 102 cm³/mol. The molecule has 0 atom stereocenters. The molecule has 0 saturated carbocycles. The van der Waals surface area contributed by atoms with Crippen LogP contribution in [0.1, 0.15) is 18.1 Å². The van der Waals surface area contributed by atoms with Gasteiger partial charge in [0.2, 0.25) is 0 Å². The first-order valence-corrected chi connectivity index (χ1v) is 8.53. The number of ether oxygens (including phenoxy) is 1. The number of rotatable bonds is 6. The van der Waals surface area contributed by atoms with Crippen LogP contribution in [0, 0.1) is 0 Å². The summed E-state index contributed by atoms with van der Waals surface area (Å²) < 4.78 is 5.33. The minimum atomic E-state index is -0.868. The third-order valence-corrected chi connectivity index (χ3v) is 3.76. The van der Waals surface area contributed by atoms with Gasteiger partial charge in [-0.1, -0.05) is 35.3 Å². The third-order valence-electron chi connectivity index (χ3n) is 3.21. The van der Waals surface area contributed by atoms with Crippen molar-refractivity contribution >= 4 is 41.2 Å². The van der Waals surface area contributed by atoms with E-state index in [0.717, 1.165) is 5.56 Å². The molecule has 0 unspecified atom stereocenters. The maximum Gasteiger partial charge on any atom is 0.329 e. The Labute approximate surface area is 161 Å². The molecule has 0 aromatic heterocycles. The lowest BCUT2D eigenvalue weighted by molar-refractivity contribution is -0.139. The zero-order valence-corrected chi connectivity index (χ0v) is 15.5. The van der Waals surface area contributed by atoms with Crippen molar-refractivity contribution in [2.45, 2.75) is 13.5 Å². The fourth-order valence-corrected chi connectivity index (χ4v) is 2.32. The van der Waals surface area contributed by atoms with Gasteiger partial charge in [0.15, 0.2) is 0 Å². The second kappa shape index (κ2) is 9.79. The molecular weight excluding hydrogens is 377 g/mol. The summed E-state index contributed by atoms with van der Waals surface area (Å²) in [7, 11) is 0. The minimum Gasteiger partial charge on any atom is -0.492 e.